The Kier molecular flexibility index (Phi) is 7.96. The van der Waals surface area contributed by atoms with Crippen LogP contribution in [0.3, 0.4) is 0 Å². The van der Waals surface area contributed by atoms with E-state index < -0.39 is 30.4 Å². The van der Waals surface area contributed by atoms with E-state index >= 15 is 0 Å². The lowest BCUT2D eigenvalue weighted by molar-refractivity contribution is -0.149. The van der Waals surface area contributed by atoms with Crippen molar-refractivity contribution in [3.8, 4) is 5.75 Å². The first-order valence-electron chi connectivity index (χ1n) is 6.87. The van der Waals surface area contributed by atoms with Crippen molar-refractivity contribution in [2.24, 2.45) is 5.73 Å². The minimum Gasteiger partial charge on any atom is -0.496 e. The smallest absolute Gasteiger partial charge is 0.329 e. The fraction of sp³-hybridized carbons (Fsp3) is 0.400. The second-order valence-electron chi connectivity index (χ2n) is 4.58. The molecule has 0 saturated heterocycles. The maximum Gasteiger partial charge on any atom is 0.329 e. The Morgan fingerprint density at radius 3 is 2.61 bits per heavy atom. The second-order valence-corrected chi connectivity index (χ2v) is 5.57. The number of rotatable bonds is 9. The number of benzene rings is 1. The van der Waals surface area contributed by atoms with Crippen molar-refractivity contribution in [3.05, 3.63) is 29.8 Å². The highest BCUT2D eigenvalue weighted by Crippen LogP contribution is 2.17. The van der Waals surface area contributed by atoms with Gasteiger partial charge in [-0.25, -0.2) is 4.79 Å². The van der Waals surface area contributed by atoms with Gasteiger partial charge in [0, 0.05) is 0 Å². The van der Waals surface area contributed by atoms with Crippen molar-refractivity contribution in [2.45, 2.75) is 12.5 Å². The monoisotopic (exact) mass is 340 g/mol. The molecule has 0 aromatic heterocycles. The fourth-order valence-corrected chi connectivity index (χ4v) is 2.27. The molecule has 0 unspecified atom stereocenters. The van der Waals surface area contributed by atoms with E-state index in [2.05, 4.69) is 5.32 Å². The van der Waals surface area contributed by atoms with Crippen molar-refractivity contribution < 1.29 is 23.9 Å². The molecule has 0 radical (unpaired) electrons. The molecule has 0 spiro atoms. The molecule has 0 aliphatic heterocycles. The third-order valence-electron chi connectivity index (χ3n) is 2.91. The molecule has 3 N–H and O–H groups in total. The highest BCUT2D eigenvalue weighted by molar-refractivity contribution is 7.98. The van der Waals surface area contributed by atoms with Crippen molar-refractivity contribution >= 4 is 29.5 Å². The lowest BCUT2D eigenvalue weighted by Crippen LogP contribution is -2.43. The predicted molar refractivity (Wildman–Crippen MR) is 87.4 cm³/mol. The third-order valence-corrected chi connectivity index (χ3v) is 3.55. The lowest BCUT2D eigenvalue weighted by Gasteiger charge is -2.17. The fourth-order valence-electron chi connectivity index (χ4n) is 1.80. The molecule has 1 aromatic carbocycles. The van der Waals surface area contributed by atoms with Crippen molar-refractivity contribution in [1.29, 1.82) is 0 Å². The van der Waals surface area contributed by atoms with Crippen LogP contribution in [0, 0.1) is 0 Å². The standard InChI is InChI=1S/C15H20N2O5S/c1-21-12-6-4-3-5-10(12)14(19)17-11(7-8-23-2)15(20)22-9-13(16)18/h3-6,11H,7-9H2,1-2H3,(H2,16,18)(H,17,19)/t11-/m1/s1. The van der Waals surface area contributed by atoms with Crippen LogP contribution in [0.4, 0.5) is 0 Å². The largest absolute Gasteiger partial charge is 0.496 e. The third kappa shape index (κ3) is 6.19. The van der Waals surface area contributed by atoms with E-state index in [-0.39, 0.29) is 0 Å². The first kappa shape index (κ1) is 18.8. The number of carbonyl (C=O) groups is 3. The second kappa shape index (κ2) is 9.73. The minimum atomic E-state index is -0.862. The number of ether oxygens (including phenoxy) is 2. The first-order valence-corrected chi connectivity index (χ1v) is 8.26. The van der Waals surface area contributed by atoms with Gasteiger partial charge in [-0.05, 0) is 30.6 Å². The molecule has 0 bridgehead atoms. The zero-order chi connectivity index (χ0) is 17.2. The van der Waals surface area contributed by atoms with Gasteiger partial charge in [-0.1, -0.05) is 12.1 Å². The van der Waals surface area contributed by atoms with Gasteiger partial charge in [-0.2, -0.15) is 11.8 Å². The summed E-state index contributed by atoms with van der Waals surface area (Å²) < 4.78 is 9.91. The van der Waals surface area contributed by atoms with Crippen LogP contribution in [0.1, 0.15) is 16.8 Å². The number of thioether (sulfide) groups is 1. The summed E-state index contributed by atoms with van der Waals surface area (Å²) in [5, 5.41) is 2.61. The Labute approximate surface area is 138 Å². The Bertz CT molecular complexity index is 565. The van der Waals surface area contributed by atoms with Gasteiger partial charge in [0.05, 0.1) is 12.7 Å². The molecule has 0 heterocycles. The predicted octanol–water partition coefficient (Wildman–Crippen LogP) is 0.575. The number of esters is 1. The molecule has 8 heteroatoms. The zero-order valence-corrected chi connectivity index (χ0v) is 13.9. The van der Waals surface area contributed by atoms with Gasteiger partial charge < -0.3 is 20.5 Å². The molecular weight excluding hydrogens is 320 g/mol. The number of primary amides is 1. The molecule has 0 aliphatic carbocycles. The number of hydrogen-bond donors (Lipinski definition) is 2. The molecule has 1 rings (SSSR count). The van der Waals surface area contributed by atoms with Gasteiger partial charge in [-0.15, -0.1) is 0 Å². The summed E-state index contributed by atoms with van der Waals surface area (Å²) in [6, 6.07) is 5.81. The summed E-state index contributed by atoms with van der Waals surface area (Å²) in [5.41, 5.74) is 5.26. The molecule has 1 atom stereocenters. The minimum absolute atomic E-state index is 0.312. The summed E-state index contributed by atoms with van der Waals surface area (Å²) in [4.78, 5) is 35.0. The summed E-state index contributed by atoms with van der Waals surface area (Å²) in [5.74, 6) is -0.856. The quantitative estimate of drug-likeness (QED) is 0.637. The average Bonchev–Trinajstić information content (AvgIpc) is 2.55. The maximum atomic E-state index is 12.3. The van der Waals surface area contributed by atoms with Crippen LogP contribution >= 0.6 is 11.8 Å². The number of methoxy groups -OCH3 is 1. The van der Waals surface area contributed by atoms with Gasteiger partial charge in [0.15, 0.2) is 6.61 Å². The van der Waals surface area contributed by atoms with Gasteiger partial charge in [-0.3, -0.25) is 9.59 Å². The van der Waals surface area contributed by atoms with E-state index in [0.717, 1.165) is 0 Å². The molecule has 0 aliphatic rings. The molecule has 0 fully saturated rings. The molecule has 126 valence electrons. The van der Waals surface area contributed by atoms with Crippen LogP contribution in [0.15, 0.2) is 24.3 Å². The van der Waals surface area contributed by atoms with Crippen LogP contribution in [-0.4, -0.2) is 49.6 Å². The van der Waals surface area contributed by atoms with E-state index in [1.807, 2.05) is 6.26 Å². The van der Waals surface area contributed by atoms with Crippen molar-refractivity contribution in [3.63, 3.8) is 0 Å². The van der Waals surface area contributed by atoms with Gasteiger partial charge in [0.2, 0.25) is 0 Å². The topological polar surface area (TPSA) is 108 Å². The summed E-state index contributed by atoms with van der Waals surface area (Å²) in [7, 11) is 1.46. The Morgan fingerprint density at radius 1 is 1.30 bits per heavy atom. The normalized spacial score (nSPS) is 11.4. The van der Waals surface area contributed by atoms with E-state index in [4.69, 9.17) is 15.2 Å². The number of para-hydroxylation sites is 1. The Morgan fingerprint density at radius 2 is 2.00 bits per heavy atom. The van der Waals surface area contributed by atoms with Crippen LogP contribution in [0.5, 0.6) is 5.75 Å². The highest BCUT2D eigenvalue weighted by Gasteiger charge is 2.24. The maximum absolute atomic E-state index is 12.3. The Balaban J connectivity index is 2.80. The van der Waals surface area contributed by atoms with Crippen LogP contribution in [0.2, 0.25) is 0 Å². The SMILES string of the molecule is COc1ccccc1C(=O)N[C@H](CCSC)C(=O)OCC(N)=O. The molecule has 7 nitrogen and oxygen atoms in total. The van der Waals surface area contributed by atoms with Crippen molar-refractivity contribution in [2.75, 3.05) is 25.7 Å². The van der Waals surface area contributed by atoms with E-state index in [0.29, 0.717) is 23.5 Å². The van der Waals surface area contributed by atoms with Gasteiger partial charge >= 0.3 is 5.97 Å². The zero-order valence-electron chi connectivity index (χ0n) is 13.0. The number of carbonyl (C=O) groups excluding carboxylic acids is 3. The lowest BCUT2D eigenvalue weighted by atomic mass is 10.1. The number of amides is 2. The van der Waals surface area contributed by atoms with Crippen LogP contribution < -0.4 is 15.8 Å². The average molecular weight is 340 g/mol. The van der Waals surface area contributed by atoms with Gasteiger partial charge in [0.25, 0.3) is 11.8 Å². The Hall–Kier alpha value is -2.22. The molecule has 23 heavy (non-hydrogen) atoms. The van der Waals surface area contributed by atoms with Crippen LogP contribution in [0.25, 0.3) is 0 Å². The number of nitrogens with two attached hydrogens (primary N) is 1. The number of nitrogens with one attached hydrogen (secondary N) is 1. The molecule has 1 aromatic rings. The molecular formula is C15H20N2O5S. The summed E-state index contributed by atoms with van der Waals surface area (Å²) in [6.07, 6.45) is 2.26. The van der Waals surface area contributed by atoms with E-state index in [1.54, 1.807) is 24.3 Å². The molecule has 0 saturated carbocycles. The van der Waals surface area contributed by atoms with Crippen molar-refractivity contribution in [1.82, 2.24) is 5.32 Å². The molecule has 2 amide bonds. The highest BCUT2D eigenvalue weighted by atomic mass is 32.2. The van der Waals surface area contributed by atoms with E-state index in [9.17, 15) is 14.4 Å². The van der Waals surface area contributed by atoms with Gasteiger partial charge in [0.1, 0.15) is 11.8 Å². The van der Waals surface area contributed by atoms with Crippen LogP contribution in [-0.2, 0) is 14.3 Å². The summed E-state index contributed by atoms with van der Waals surface area (Å²) >= 11 is 1.53. The number of hydrogen-bond acceptors (Lipinski definition) is 6. The first-order chi connectivity index (χ1) is 11.0. The summed E-state index contributed by atoms with van der Waals surface area (Å²) in [6.45, 7) is -0.515. The van der Waals surface area contributed by atoms with E-state index in [1.165, 1.54) is 18.9 Å².